The summed E-state index contributed by atoms with van der Waals surface area (Å²) in [6.07, 6.45) is 5.22. The van der Waals surface area contributed by atoms with Gasteiger partial charge in [-0.25, -0.2) is 0 Å². The Morgan fingerprint density at radius 3 is 1.74 bits per heavy atom. The van der Waals surface area contributed by atoms with Crippen LogP contribution >= 0.6 is 0 Å². The summed E-state index contributed by atoms with van der Waals surface area (Å²) in [5.74, 6) is 0.113. The molecule has 6 nitrogen and oxygen atoms in total. The van der Waals surface area contributed by atoms with E-state index in [4.69, 9.17) is 10.5 Å². The molecule has 34 heavy (non-hydrogen) atoms. The van der Waals surface area contributed by atoms with Crippen LogP contribution in [0.1, 0.15) is 35.1 Å². The van der Waals surface area contributed by atoms with Gasteiger partial charge < -0.3 is 9.80 Å². The number of nitrogens with zero attached hydrogens (tertiary/aromatic N) is 4. The molecule has 1 saturated heterocycles. The summed E-state index contributed by atoms with van der Waals surface area (Å²) in [6.45, 7) is 1.55. The van der Waals surface area contributed by atoms with E-state index in [1.807, 2.05) is 60.3 Å². The Balaban J connectivity index is 1.67. The summed E-state index contributed by atoms with van der Waals surface area (Å²) in [5.41, 5.74) is 4.02. The van der Waals surface area contributed by atoms with Gasteiger partial charge >= 0.3 is 0 Å². The van der Waals surface area contributed by atoms with Crippen LogP contribution in [0.2, 0.25) is 0 Å². The number of ketones is 1. The molecule has 0 N–H and O–H groups in total. The topological polar surface area (TPSA) is 88.2 Å². The highest BCUT2D eigenvalue weighted by atomic mass is 16.2. The Bertz CT molecular complexity index is 1170. The van der Waals surface area contributed by atoms with Crippen LogP contribution in [0.25, 0.3) is 12.2 Å². The van der Waals surface area contributed by atoms with Crippen LogP contribution in [0, 0.1) is 28.1 Å². The number of nitriles is 2. The number of rotatable bonds is 4. The molecule has 0 aromatic heterocycles. The average Bonchev–Trinajstić information content (AvgIpc) is 2.86. The molecule has 2 aliphatic rings. The van der Waals surface area contributed by atoms with Crippen molar-refractivity contribution in [3.63, 3.8) is 0 Å². The second-order valence-electron chi connectivity index (χ2n) is 9.11. The minimum atomic E-state index is -0.409. The van der Waals surface area contributed by atoms with Crippen molar-refractivity contribution in [2.24, 2.45) is 5.41 Å². The fraction of sp³-hybridized carbons (Fsp3) is 0.286. The summed E-state index contributed by atoms with van der Waals surface area (Å²) in [7, 11) is 3.76. The predicted octanol–water partition coefficient (Wildman–Crippen LogP) is 3.65. The number of Topliss-reactive ketones (excluding diaryl/α,β-unsaturated/α-hetero) is 1. The standard InChI is InChI=1S/C28H26N4O2/c1-31(2)19-26(33)32-13-11-28(12-14-32)24(15-20-3-7-22(17-29)8-4-20)27(34)25(28)16-21-5-9-23(18-30)10-6-21/h3-10,15-16H,11-14,19H2,1-2H3/b24-15-,25-16-. The fourth-order valence-corrected chi connectivity index (χ4v) is 4.76. The zero-order chi connectivity index (χ0) is 24.3. The quantitative estimate of drug-likeness (QED) is 0.664. The molecule has 4 rings (SSSR count). The Labute approximate surface area is 200 Å². The van der Waals surface area contributed by atoms with Crippen LogP contribution in [-0.4, -0.2) is 55.2 Å². The molecule has 0 radical (unpaired) electrons. The van der Waals surface area contributed by atoms with Crippen LogP contribution in [0.3, 0.4) is 0 Å². The predicted molar refractivity (Wildman–Crippen MR) is 130 cm³/mol. The van der Waals surface area contributed by atoms with Gasteiger partial charge in [0.05, 0.1) is 29.8 Å². The summed E-state index contributed by atoms with van der Waals surface area (Å²) >= 11 is 0. The summed E-state index contributed by atoms with van der Waals surface area (Å²) in [5, 5.41) is 18.1. The average molecular weight is 451 g/mol. The van der Waals surface area contributed by atoms with Gasteiger partial charge in [-0.2, -0.15) is 10.5 Å². The maximum atomic E-state index is 13.3. The van der Waals surface area contributed by atoms with Crippen molar-refractivity contribution in [3.05, 3.63) is 81.9 Å². The molecular formula is C28H26N4O2. The Kier molecular flexibility index (Phi) is 6.45. The maximum Gasteiger partial charge on any atom is 0.236 e. The molecule has 0 bridgehead atoms. The number of allylic oxidation sites excluding steroid dienone is 2. The lowest BCUT2D eigenvalue weighted by Gasteiger charge is -2.51. The molecule has 1 aliphatic heterocycles. The molecule has 1 heterocycles. The van der Waals surface area contributed by atoms with Crippen molar-refractivity contribution in [1.82, 2.24) is 9.80 Å². The van der Waals surface area contributed by atoms with Gasteiger partial charge in [-0.15, -0.1) is 0 Å². The van der Waals surface area contributed by atoms with Gasteiger partial charge in [-0.3, -0.25) is 9.59 Å². The molecule has 0 unspecified atom stereocenters. The van der Waals surface area contributed by atoms with E-state index < -0.39 is 5.41 Å². The Morgan fingerprint density at radius 2 is 1.35 bits per heavy atom. The maximum absolute atomic E-state index is 13.3. The lowest BCUT2D eigenvalue weighted by Crippen LogP contribution is -2.53. The zero-order valence-corrected chi connectivity index (χ0v) is 19.4. The normalized spacial score (nSPS) is 19.2. The number of benzene rings is 2. The number of piperidine rings is 1. The number of likely N-dealkylation sites (tertiary alicyclic amines) is 1. The first-order valence-corrected chi connectivity index (χ1v) is 11.3. The molecule has 2 aromatic rings. The molecular weight excluding hydrogens is 424 g/mol. The minimum Gasteiger partial charge on any atom is -0.342 e. The monoisotopic (exact) mass is 450 g/mol. The lowest BCUT2D eigenvalue weighted by atomic mass is 9.54. The second kappa shape index (κ2) is 9.47. The van der Waals surface area contributed by atoms with Crippen LogP contribution in [0.5, 0.6) is 0 Å². The van der Waals surface area contributed by atoms with Crippen molar-refractivity contribution < 1.29 is 9.59 Å². The van der Waals surface area contributed by atoms with Crippen molar-refractivity contribution in [3.8, 4) is 12.1 Å². The highest BCUT2D eigenvalue weighted by Gasteiger charge is 2.54. The SMILES string of the molecule is CN(C)CC(=O)N1CCC2(CC1)/C(=C\c1ccc(C#N)cc1)C(=O)/C2=C/c1ccc(C#N)cc1. The van der Waals surface area contributed by atoms with Gasteiger partial charge in [-0.1, -0.05) is 24.3 Å². The second-order valence-corrected chi connectivity index (χ2v) is 9.11. The number of likely N-dealkylation sites (N-methyl/N-ethyl adjacent to an activating group) is 1. The highest BCUT2D eigenvalue weighted by Crippen LogP contribution is 2.56. The molecule has 0 atom stereocenters. The van der Waals surface area contributed by atoms with E-state index in [1.54, 1.807) is 24.3 Å². The van der Waals surface area contributed by atoms with Crippen molar-refractivity contribution >= 4 is 23.8 Å². The van der Waals surface area contributed by atoms with E-state index in [-0.39, 0.29) is 11.7 Å². The van der Waals surface area contributed by atoms with Crippen LogP contribution in [0.4, 0.5) is 0 Å². The van der Waals surface area contributed by atoms with Gasteiger partial charge in [0, 0.05) is 29.7 Å². The first-order chi connectivity index (χ1) is 16.4. The number of hydrogen-bond donors (Lipinski definition) is 0. The van der Waals surface area contributed by atoms with Crippen molar-refractivity contribution in [2.45, 2.75) is 12.8 Å². The first-order valence-electron chi connectivity index (χ1n) is 11.3. The third-order valence-corrected chi connectivity index (χ3v) is 6.64. The molecule has 1 saturated carbocycles. The molecule has 2 aromatic carbocycles. The highest BCUT2D eigenvalue weighted by molar-refractivity contribution is 6.23. The smallest absolute Gasteiger partial charge is 0.236 e. The first kappa shape index (κ1) is 23.2. The van der Waals surface area contributed by atoms with E-state index in [0.717, 1.165) is 22.3 Å². The van der Waals surface area contributed by atoms with E-state index in [9.17, 15) is 9.59 Å². The van der Waals surface area contributed by atoms with Gasteiger partial charge in [0.25, 0.3) is 0 Å². The third-order valence-electron chi connectivity index (χ3n) is 6.64. The number of amides is 1. The molecule has 170 valence electrons. The zero-order valence-electron chi connectivity index (χ0n) is 19.4. The van der Waals surface area contributed by atoms with E-state index in [0.29, 0.717) is 43.6 Å². The molecule has 1 amide bonds. The molecule has 6 heteroatoms. The van der Waals surface area contributed by atoms with Gasteiger partial charge in [0.15, 0.2) is 5.78 Å². The Hall–Kier alpha value is -4.00. The summed E-state index contributed by atoms with van der Waals surface area (Å²) in [6, 6.07) is 18.6. The largest absolute Gasteiger partial charge is 0.342 e. The number of hydrogen-bond acceptors (Lipinski definition) is 5. The number of carbonyl (C=O) groups excluding carboxylic acids is 2. The molecule has 1 aliphatic carbocycles. The van der Waals surface area contributed by atoms with Gasteiger partial charge in [0.1, 0.15) is 0 Å². The number of carbonyl (C=O) groups is 2. The third kappa shape index (κ3) is 4.41. The molecule has 2 fully saturated rings. The summed E-state index contributed by atoms with van der Waals surface area (Å²) in [4.78, 5) is 29.7. The van der Waals surface area contributed by atoms with Crippen LogP contribution < -0.4 is 0 Å². The van der Waals surface area contributed by atoms with Crippen LogP contribution in [0.15, 0.2) is 59.7 Å². The van der Waals surface area contributed by atoms with E-state index >= 15 is 0 Å². The Morgan fingerprint density at radius 1 is 0.912 bits per heavy atom. The molecule has 1 spiro atoms. The lowest BCUT2D eigenvalue weighted by molar-refractivity contribution is -0.134. The van der Waals surface area contributed by atoms with Gasteiger partial charge in [0.2, 0.25) is 5.91 Å². The minimum absolute atomic E-state index is 0.0155. The fourth-order valence-electron chi connectivity index (χ4n) is 4.76. The van der Waals surface area contributed by atoms with E-state index in [1.165, 1.54) is 0 Å². The van der Waals surface area contributed by atoms with Crippen LogP contribution in [-0.2, 0) is 9.59 Å². The van der Waals surface area contributed by atoms with Gasteiger partial charge in [-0.05, 0) is 74.5 Å². The van der Waals surface area contributed by atoms with Crippen molar-refractivity contribution in [1.29, 1.82) is 10.5 Å². The van der Waals surface area contributed by atoms with E-state index in [2.05, 4.69) is 12.1 Å². The van der Waals surface area contributed by atoms with Crippen molar-refractivity contribution in [2.75, 3.05) is 33.7 Å². The summed E-state index contributed by atoms with van der Waals surface area (Å²) < 4.78 is 0.